The number of amides is 1. The summed E-state index contributed by atoms with van der Waals surface area (Å²) in [5.41, 5.74) is 2.37. The fourth-order valence-electron chi connectivity index (χ4n) is 2.63. The summed E-state index contributed by atoms with van der Waals surface area (Å²) < 4.78 is 31.5. The van der Waals surface area contributed by atoms with Gasteiger partial charge in [0, 0.05) is 20.2 Å². The Balaban J connectivity index is 2.95. The lowest BCUT2D eigenvalue weighted by molar-refractivity contribution is -0.122. The van der Waals surface area contributed by atoms with Crippen LogP contribution in [0.25, 0.3) is 0 Å². The standard InChI is InChI=1S/C16H26N2O4S/c1-11-7-12(2)16(13(3)8-11)23(20,21)18(5)9-15(19)17-14(4)10-22-6/h7-8,14H,9-10H2,1-6H3,(H,17,19)/t14-/m1/s1. The number of carbonyl (C=O) groups excluding carboxylic acids is 1. The van der Waals surface area contributed by atoms with Gasteiger partial charge in [0.25, 0.3) is 0 Å². The van der Waals surface area contributed by atoms with E-state index in [4.69, 9.17) is 4.74 Å². The Morgan fingerprint density at radius 3 is 2.26 bits per heavy atom. The van der Waals surface area contributed by atoms with Gasteiger partial charge in [0.15, 0.2) is 0 Å². The van der Waals surface area contributed by atoms with Crippen LogP contribution in [0.1, 0.15) is 23.6 Å². The largest absolute Gasteiger partial charge is 0.383 e. The van der Waals surface area contributed by atoms with Gasteiger partial charge in [-0.1, -0.05) is 17.7 Å². The third-order valence-electron chi connectivity index (χ3n) is 3.46. The topological polar surface area (TPSA) is 75.7 Å². The van der Waals surface area contributed by atoms with Crippen LogP contribution in [0.3, 0.4) is 0 Å². The SMILES string of the molecule is COC[C@@H](C)NC(=O)CN(C)S(=O)(=O)c1c(C)cc(C)cc1C. The zero-order chi connectivity index (χ0) is 17.8. The highest BCUT2D eigenvalue weighted by Gasteiger charge is 2.26. The highest BCUT2D eigenvalue weighted by molar-refractivity contribution is 7.89. The van der Waals surface area contributed by atoms with E-state index in [9.17, 15) is 13.2 Å². The molecule has 0 aromatic heterocycles. The van der Waals surface area contributed by atoms with Gasteiger partial charge in [-0.25, -0.2) is 8.42 Å². The Kier molecular flexibility index (Phi) is 6.73. The monoisotopic (exact) mass is 342 g/mol. The molecule has 0 aliphatic carbocycles. The molecule has 0 aliphatic heterocycles. The van der Waals surface area contributed by atoms with Crippen molar-refractivity contribution in [1.82, 2.24) is 9.62 Å². The molecule has 0 saturated carbocycles. The maximum atomic E-state index is 12.8. The van der Waals surface area contributed by atoms with Crippen molar-refractivity contribution in [3.8, 4) is 0 Å². The first kappa shape index (κ1) is 19.6. The maximum absolute atomic E-state index is 12.8. The highest BCUT2D eigenvalue weighted by atomic mass is 32.2. The van der Waals surface area contributed by atoms with Gasteiger partial charge in [-0.05, 0) is 38.8 Å². The van der Waals surface area contributed by atoms with E-state index in [-0.39, 0.29) is 23.4 Å². The van der Waals surface area contributed by atoms with Crippen LogP contribution < -0.4 is 5.32 Å². The van der Waals surface area contributed by atoms with Gasteiger partial charge < -0.3 is 10.1 Å². The van der Waals surface area contributed by atoms with E-state index >= 15 is 0 Å². The molecule has 0 unspecified atom stereocenters. The molecule has 130 valence electrons. The summed E-state index contributed by atoms with van der Waals surface area (Å²) in [7, 11) is -0.764. The quantitative estimate of drug-likeness (QED) is 0.812. The van der Waals surface area contributed by atoms with E-state index in [0.29, 0.717) is 17.7 Å². The van der Waals surface area contributed by atoms with Crippen molar-refractivity contribution >= 4 is 15.9 Å². The third-order valence-corrected chi connectivity index (χ3v) is 5.57. The minimum Gasteiger partial charge on any atom is -0.383 e. The molecule has 0 bridgehead atoms. The predicted molar refractivity (Wildman–Crippen MR) is 89.9 cm³/mol. The van der Waals surface area contributed by atoms with E-state index in [2.05, 4.69) is 5.32 Å². The first-order chi connectivity index (χ1) is 10.6. The van der Waals surface area contributed by atoms with Gasteiger partial charge in [-0.3, -0.25) is 4.79 Å². The normalized spacial score (nSPS) is 13.2. The molecule has 0 heterocycles. The molecule has 0 fully saturated rings. The number of ether oxygens (including phenoxy) is 1. The summed E-state index contributed by atoms with van der Waals surface area (Å²) in [6, 6.07) is 3.48. The fraction of sp³-hybridized carbons (Fsp3) is 0.562. The van der Waals surface area contributed by atoms with Gasteiger partial charge in [0.1, 0.15) is 0 Å². The molecule has 0 aliphatic rings. The maximum Gasteiger partial charge on any atom is 0.243 e. The van der Waals surface area contributed by atoms with E-state index in [0.717, 1.165) is 9.87 Å². The van der Waals surface area contributed by atoms with Crippen molar-refractivity contribution in [2.24, 2.45) is 0 Å². The number of aryl methyl sites for hydroxylation is 3. The first-order valence-electron chi connectivity index (χ1n) is 7.42. The van der Waals surface area contributed by atoms with Crippen LogP contribution in [0.2, 0.25) is 0 Å². The van der Waals surface area contributed by atoms with Crippen LogP contribution in [0.5, 0.6) is 0 Å². The lowest BCUT2D eigenvalue weighted by Gasteiger charge is -2.21. The van der Waals surface area contributed by atoms with E-state index in [1.165, 1.54) is 7.05 Å². The van der Waals surface area contributed by atoms with Crippen LogP contribution in [0, 0.1) is 20.8 Å². The molecule has 0 spiro atoms. The van der Waals surface area contributed by atoms with Crippen LogP contribution in [0.15, 0.2) is 17.0 Å². The predicted octanol–water partition coefficient (Wildman–Crippen LogP) is 1.38. The number of hydrogen-bond acceptors (Lipinski definition) is 4. The smallest absolute Gasteiger partial charge is 0.243 e. The molecule has 0 saturated heterocycles. The zero-order valence-corrected chi connectivity index (χ0v) is 15.5. The van der Waals surface area contributed by atoms with E-state index in [1.807, 2.05) is 19.1 Å². The van der Waals surface area contributed by atoms with Gasteiger partial charge in [-0.2, -0.15) is 4.31 Å². The van der Waals surface area contributed by atoms with Gasteiger partial charge >= 0.3 is 0 Å². The van der Waals surface area contributed by atoms with Gasteiger partial charge in [-0.15, -0.1) is 0 Å². The number of carbonyl (C=O) groups is 1. The molecule has 1 amide bonds. The minimum atomic E-state index is -3.72. The van der Waals surface area contributed by atoms with Crippen molar-refractivity contribution in [1.29, 1.82) is 0 Å². The number of methoxy groups -OCH3 is 1. The lowest BCUT2D eigenvalue weighted by Crippen LogP contribution is -2.43. The number of likely N-dealkylation sites (N-methyl/N-ethyl adjacent to an activating group) is 1. The number of benzene rings is 1. The molecule has 7 heteroatoms. The van der Waals surface area contributed by atoms with Crippen LogP contribution in [-0.2, 0) is 19.6 Å². The van der Waals surface area contributed by atoms with Crippen molar-refractivity contribution in [2.75, 3.05) is 27.3 Å². The Morgan fingerprint density at radius 2 is 1.78 bits per heavy atom. The van der Waals surface area contributed by atoms with E-state index in [1.54, 1.807) is 27.9 Å². The minimum absolute atomic E-state index is 0.175. The van der Waals surface area contributed by atoms with Crippen molar-refractivity contribution in [3.63, 3.8) is 0 Å². The van der Waals surface area contributed by atoms with Crippen LogP contribution in [-0.4, -0.2) is 52.0 Å². The van der Waals surface area contributed by atoms with E-state index < -0.39 is 10.0 Å². The number of hydrogen-bond donors (Lipinski definition) is 1. The fourth-order valence-corrected chi connectivity index (χ4v) is 4.16. The first-order valence-corrected chi connectivity index (χ1v) is 8.86. The van der Waals surface area contributed by atoms with Gasteiger partial charge in [0.05, 0.1) is 18.0 Å². The molecule has 0 radical (unpaired) electrons. The lowest BCUT2D eigenvalue weighted by atomic mass is 10.1. The van der Waals surface area contributed by atoms with Crippen LogP contribution in [0.4, 0.5) is 0 Å². The molecule has 6 nitrogen and oxygen atoms in total. The Bertz CT molecular complexity index is 648. The summed E-state index contributed by atoms with van der Waals surface area (Å²) in [5.74, 6) is -0.358. The molecule has 1 aromatic rings. The number of nitrogens with one attached hydrogen (secondary N) is 1. The highest BCUT2D eigenvalue weighted by Crippen LogP contribution is 2.24. The summed E-state index contributed by atoms with van der Waals surface area (Å²) in [6.07, 6.45) is 0. The zero-order valence-electron chi connectivity index (χ0n) is 14.6. The number of sulfonamides is 1. The molecule has 1 rings (SSSR count). The second kappa shape index (κ2) is 7.90. The van der Waals surface area contributed by atoms with Gasteiger partial charge in [0.2, 0.25) is 15.9 Å². The molecule has 23 heavy (non-hydrogen) atoms. The Hall–Kier alpha value is -1.44. The second-order valence-corrected chi connectivity index (χ2v) is 7.89. The van der Waals surface area contributed by atoms with Crippen LogP contribution >= 0.6 is 0 Å². The Morgan fingerprint density at radius 1 is 1.26 bits per heavy atom. The number of nitrogens with zero attached hydrogens (tertiary/aromatic N) is 1. The van der Waals surface area contributed by atoms with Crippen molar-refractivity contribution in [2.45, 2.75) is 38.6 Å². The molecule has 1 aromatic carbocycles. The molecule has 1 atom stereocenters. The average molecular weight is 342 g/mol. The van der Waals surface area contributed by atoms with Crippen molar-refractivity contribution in [3.05, 3.63) is 28.8 Å². The molecular weight excluding hydrogens is 316 g/mol. The summed E-state index contributed by atoms with van der Waals surface area (Å²) in [6.45, 7) is 7.39. The third kappa shape index (κ3) is 5.02. The summed E-state index contributed by atoms with van der Waals surface area (Å²) in [5, 5.41) is 2.70. The summed E-state index contributed by atoms with van der Waals surface area (Å²) >= 11 is 0. The summed E-state index contributed by atoms with van der Waals surface area (Å²) in [4.78, 5) is 12.2. The molecular formula is C16H26N2O4S. The molecule has 1 N–H and O–H groups in total. The number of rotatable bonds is 7. The average Bonchev–Trinajstić information content (AvgIpc) is 2.36. The van der Waals surface area contributed by atoms with Crippen molar-refractivity contribution < 1.29 is 17.9 Å². The second-order valence-electron chi connectivity index (χ2n) is 5.91. The Labute approximate surface area is 138 Å².